The molecule has 1 atom stereocenters. The van der Waals surface area contributed by atoms with E-state index in [0.29, 0.717) is 5.41 Å². The average molecular weight is 284 g/mol. The van der Waals surface area contributed by atoms with Crippen LogP contribution in [0.25, 0.3) is 0 Å². The minimum absolute atomic E-state index is 0.179. The molecule has 1 fully saturated rings. The second-order valence-corrected chi connectivity index (χ2v) is 8.33. The van der Waals surface area contributed by atoms with Crippen molar-refractivity contribution in [2.45, 2.75) is 71.9 Å². The smallest absolute Gasteiger partial charge is 0.0638 e. The zero-order chi connectivity index (χ0) is 15.4. The maximum atomic E-state index is 9.58. The zero-order valence-corrected chi connectivity index (χ0v) is 14.5. The van der Waals surface area contributed by atoms with E-state index in [2.05, 4.69) is 45.0 Å². The number of nitrogens with zero attached hydrogens (tertiary/aromatic N) is 1. The van der Waals surface area contributed by atoms with E-state index in [4.69, 9.17) is 0 Å². The third kappa shape index (κ3) is 6.55. The Bertz CT molecular complexity index is 275. The van der Waals surface area contributed by atoms with Crippen LogP contribution in [0.5, 0.6) is 0 Å². The summed E-state index contributed by atoms with van der Waals surface area (Å²) in [6.07, 6.45) is 5.06. The van der Waals surface area contributed by atoms with E-state index < -0.39 is 0 Å². The molecule has 3 heteroatoms. The molecule has 0 saturated heterocycles. The van der Waals surface area contributed by atoms with Gasteiger partial charge in [0.2, 0.25) is 0 Å². The molecule has 2 N–H and O–H groups in total. The molecule has 120 valence electrons. The standard InChI is InChI=1S/C17H36N2O/c1-14-7-9-17(10-8-14,12-18-16(3,4)5)13-19(6)11-15(2)20/h14-15,18,20H,7-13H2,1-6H3. The van der Waals surface area contributed by atoms with Gasteiger partial charge in [0.05, 0.1) is 6.10 Å². The molecule has 0 aromatic carbocycles. The summed E-state index contributed by atoms with van der Waals surface area (Å²) in [4.78, 5) is 2.31. The topological polar surface area (TPSA) is 35.5 Å². The van der Waals surface area contributed by atoms with E-state index in [0.717, 1.165) is 25.6 Å². The molecule has 1 unspecified atom stereocenters. The van der Waals surface area contributed by atoms with Gasteiger partial charge in [-0.15, -0.1) is 0 Å². The Morgan fingerprint density at radius 1 is 1.30 bits per heavy atom. The molecule has 0 aromatic rings. The van der Waals surface area contributed by atoms with Crippen molar-refractivity contribution in [1.29, 1.82) is 0 Å². The monoisotopic (exact) mass is 284 g/mol. The van der Waals surface area contributed by atoms with Gasteiger partial charge in [-0.3, -0.25) is 0 Å². The summed E-state index contributed by atoms with van der Waals surface area (Å²) in [5.74, 6) is 0.875. The van der Waals surface area contributed by atoms with Gasteiger partial charge >= 0.3 is 0 Å². The first kappa shape index (κ1) is 17.9. The van der Waals surface area contributed by atoms with Crippen molar-refractivity contribution in [1.82, 2.24) is 10.2 Å². The maximum Gasteiger partial charge on any atom is 0.0638 e. The van der Waals surface area contributed by atoms with Crippen molar-refractivity contribution < 1.29 is 5.11 Å². The summed E-state index contributed by atoms with van der Waals surface area (Å²) in [5.41, 5.74) is 0.558. The minimum atomic E-state index is -0.241. The summed E-state index contributed by atoms with van der Waals surface area (Å²) in [6, 6.07) is 0. The molecule has 3 nitrogen and oxygen atoms in total. The van der Waals surface area contributed by atoms with Gasteiger partial charge in [0.25, 0.3) is 0 Å². The molecular formula is C17H36N2O. The van der Waals surface area contributed by atoms with Crippen molar-refractivity contribution in [3.05, 3.63) is 0 Å². The third-order valence-corrected chi connectivity index (χ3v) is 4.51. The molecule has 0 aromatic heterocycles. The zero-order valence-electron chi connectivity index (χ0n) is 14.5. The Hall–Kier alpha value is -0.120. The van der Waals surface area contributed by atoms with Gasteiger partial charge in [-0.05, 0) is 58.9 Å². The fourth-order valence-corrected chi connectivity index (χ4v) is 3.31. The fourth-order valence-electron chi connectivity index (χ4n) is 3.31. The highest BCUT2D eigenvalue weighted by atomic mass is 16.3. The van der Waals surface area contributed by atoms with E-state index in [1.807, 2.05) is 6.92 Å². The molecule has 20 heavy (non-hydrogen) atoms. The molecule has 0 radical (unpaired) electrons. The quantitative estimate of drug-likeness (QED) is 0.787. The first-order valence-electron chi connectivity index (χ1n) is 8.24. The lowest BCUT2D eigenvalue weighted by atomic mass is 9.70. The maximum absolute atomic E-state index is 9.58. The molecule has 1 saturated carbocycles. The van der Waals surface area contributed by atoms with Crippen molar-refractivity contribution in [2.24, 2.45) is 11.3 Å². The lowest BCUT2D eigenvalue weighted by molar-refractivity contribution is 0.0665. The lowest BCUT2D eigenvalue weighted by Crippen LogP contribution is -2.50. The van der Waals surface area contributed by atoms with Crippen LogP contribution in [-0.2, 0) is 0 Å². The van der Waals surface area contributed by atoms with E-state index in [1.54, 1.807) is 0 Å². The number of hydrogen-bond acceptors (Lipinski definition) is 3. The molecule has 1 aliphatic rings. The highest BCUT2D eigenvalue weighted by molar-refractivity contribution is 4.91. The van der Waals surface area contributed by atoms with Gasteiger partial charge in [0.15, 0.2) is 0 Å². The second-order valence-electron chi connectivity index (χ2n) is 8.33. The molecule has 0 heterocycles. The molecule has 0 amide bonds. The SMILES string of the molecule is CC(O)CN(C)CC1(CNC(C)(C)C)CCC(C)CC1. The normalized spacial score (nSPS) is 29.7. The summed E-state index contributed by atoms with van der Waals surface area (Å²) in [6.45, 7) is 13.9. The van der Waals surface area contributed by atoms with Gasteiger partial charge in [-0.2, -0.15) is 0 Å². The van der Waals surface area contributed by atoms with Crippen LogP contribution in [-0.4, -0.2) is 48.3 Å². The van der Waals surface area contributed by atoms with Crippen LogP contribution >= 0.6 is 0 Å². The number of aliphatic hydroxyl groups is 1. The van der Waals surface area contributed by atoms with Crippen LogP contribution in [0.15, 0.2) is 0 Å². The van der Waals surface area contributed by atoms with E-state index >= 15 is 0 Å². The first-order chi connectivity index (χ1) is 9.12. The Labute approximate surface area is 126 Å². The predicted molar refractivity (Wildman–Crippen MR) is 87.0 cm³/mol. The van der Waals surface area contributed by atoms with Crippen LogP contribution in [0, 0.1) is 11.3 Å². The largest absolute Gasteiger partial charge is 0.392 e. The number of aliphatic hydroxyl groups excluding tert-OH is 1. The van der Waals surface area contributed by atoms with Crippen LogP contribution in [0.4, 0.5) is 0 Å². The lowest BCUT2D eigenvalue weighted by Gasteiger charge is -2.44. The Morgan fingerprint density at radius 3 is 2.30 bits per heavy atom. The van der Waals surface area contributed by atoms with Gasteiger partial charge in [0.1, 0.15) is 0 Å². The van der Waals surface area contributed by atoms with Crippen molar-refractivity contribution in [3.8, 4) is 0 Å². The highest BCUT2D eigenvalue weighted by Gasteiger charge is 2.35. The predicted octanol–water partition coefficient (Wildman–Crippen LogP) is 2.88. The molecule has 0 aliphatic heterocycles. The molecule has 1 rings (SSSR count). The van der Waals surface area contributed by atoms with Crippen LogP contribution in [0.1, 0.15) is 60.3 Å². The third-order valence-electron chi connectivity index (χ3n) is 4.51. The molecule has 0 spiro atoms. The summed E-state index contributed by atoms with van der Waals surface area (Å²) >= 11 is 0. The van der Waals surface area contributed by atoms with Crippen molar-refractivity contribution in [2.75, 3.05) is 26.7 Å². The van der Waals surface area contributed by atoms with E-state index in [1.165, 1.54) is 25.7 Å². The number of rotatable bonds is 6. The van der Waals surface area contributed by atoms with E-state index in [9.17, 15) is 5.11 Å². The van der Waals surface area contributed by atoms with Gasteiger partial charge < -0.3 is 15.3 Å². The van der Waals surface area contributed by atoms with Gasteiger partial charge in [-0.1, -0.05) is 19.8 Å². The number of nitrogens with one attached hydrogen (secondary N) is 1. The van der Waals surface area contributed by atoms with Crippen molar-refractivity contribution >= 4 is 0 Å². The summed E-state index contributed by atoms with van der Waals surface area (Å²) in [7, 11) is 2.14. The molecule has 1 aliphatic carbocycles. The van der Waals surface area contributed by atoms with Crippen LogP contribution in [0.3, 0.4) is 0 Å². The Balaban J connectivity index is 2.64. The summed E-state index contributed by atoms with van der Waals surface area (Å²) < 4.78 is 0. The molecular weight excluding hydrogens is 248 g/mol. The van der Waals surface area contributed by atoms with Gasteiger partial charge in [0, 0.05) is 25.2 Å². The first-order valence-corrected chi connectivity index (χ1v) is 8.24. The summed E-state index contributed by atoms with van der Waals surface area (Å²) in [5, 5.41) is 13.3. The average Bonchev–Trinajstić information content (AvgIpc) is 2.28. The highest BCUT2D eigenvalue weighted by Crippen LogP contribution is 2.39. The number of likely N-dealkylation sites (N-methyl/N-ethyl adjacent to an activating group) is 1. The van der Waals surface area contributed by atoms with E-state index in [-0.39, 0.29) is 11.6 Å². The van der Waals surface area contributed by atoms with Crippen LogP contribution < -0.4 is 5.32 Å². The van der Waals surface area contributed by atoms with Gasteiger partial charge in [-0.25, -0.2) is 0 Å². The second kappa shape index (κ2) is 7.24. The van der Waals surface area contributed by atoms with Crippen molar-refractivity contribution in [3.63, 3.8) is 0 Å². The fraction of sp³-hybridized carbons (Fsp3) is 1.00. The Kier molecular flexibility index (Phi) is 6.49. The van der Waals surface area contributed by atoms with Crippen LogP contribution in [0.2, 0.25) is 0 Å². The minimum Gasteiger partial charge on any atom is -0.392 e. The Morgan fingerprint density at radius 2 is 1.85 bits per heavy atom. The number of hydrogen-bond donors (Lipinski definition) is 2. The molecule has 0 bridgehead atoms.